The zero-order chi connectivity index (χ0) is 7.56. The van der Waals surface area contributed by atoms with Crippen molar-refractivity contribution >= 4 is 0 Å². The van der Waals surface area contributed by atoms with Gasteiger partial charge >= 0.3 is 26.2 Å². The van der Waals surface area contributed by atoms with Gasteiger partial charge < -0.3 is 24.8 Å². The summed E-state index contributed by atoms with van der Waals surface area (Å²) < 4.78 is 0. The number of hydrogen-bond donors (Lipinski definition) is 0. The van der Waals surface area contributed by atoms with E-state index >= 15 is 0 Å². The van der Waals surface area contributed by atoms with Crippen LogP contribution < -0.4 is 24.8 Å². The molecule has 0 N–H and O–H groups in total. The second-order valence-corrected chi connectivity index (χ2v) is 2.78. The van der Waals surface area contributed by atoms with E-state index in [0.717, 1.165) is 0 Å². The van der Waals surface area contributed by atoms with Gasteiger partial charge in [0.15, 0.2) is 0 Å². The summed E-state index contributed by atoms with van der Waals surface area (Å²) in [5, 5.41) is 0. The van der Waals surface area contributed by atoms with Gasteiger partial charge in [0.2, 0.25) is 0 Å². The van der Waals surface area contributed by atoms with Crippen LogP contribution >= 0.6 is 0 Å². The van der Waals surface area contributed by atoms with E-state index in [2.05, 4.69) is 32.9 Å². The van der Waals surface area contributed by atoms with Crippen LogP contribution in [-0.2, 0) is 39.0 Å². The minimum absolute atomic E-state index is 0. The van der Waals surface area contributed by atoms with E-state index in [1.807, 2.05) is 0 Å². The summed E-state index contributed by atoms with van der Waals surface area (Å²) in [6.45, 7) is 6.61. The van der Waals surface area contributed by atoms with Gasteiger partial charge in [-0.05, 0) is 0 Å². The van der Waals surface area contributed by atoms with Gasteiger partial charge in [-0.3, -0.25) is 0 Å². The molecule has 0 atom stereocenters. The molecule has 0 bridgehead atoms. The van der Waals surface area contributed by atoms with Crippen molar-refractivity contribution in [2.24, 2.45) is 0 Å². The van der Waals surface area contributed by atoms with E-state index in [9.17, 15) is 0 Å². The molecular weight excluding hydrogens is 282 g/mol. The summed E-state index contributed by atoms with van der Waals surface area (Å²) in [6, 6.07) is 4.61. The van der Waals surface area contributed by atoms with Crippen molar-refractivity contribution in [3.05, 3.63) is 28.8 Å². The van der Waals surface area contributed by atoms with Gasteiger partial charge in [-0.25, -0.2) is 6.07 Å². The molecule has 0 aliphatic carbocycles. The smallest absolute Gasteiger partial charge is 1.00 e. The minimum Gasteiger partial charge on any atom is -1.00 e. The normalized spacial score (nSPS) is 7.92. The van der Waals surface area contributed by atoms with Crippen molar-refractivity contribution in [2.75, 3.05) is 0 Å². The Morgan fingerprint density at radius 1 is 1.15 bits per heavy atom. The fourth-order valence-electron chi connectivity index (χ4n) is 1.34. The van der Waals surface area contributed by atoms with E-state index in [4.69, 9.17) is 0 Å². The third-order valence-electron chi connectivity index (χ3n) is 2.06. The molecule has 0 aliphatic heterocycles. The Kier molecular flexibility index (Phi) is 14.0. The van der Waals surface area contributed by atoms with Crippen LogP contribution in [0.25, 0.3) is 0 Å². The van der Waals surface area contributed by atoms with Crippen LogP contribution in [-0.4, -0.2) is 0 Å². The average Bonchev–Trinajstić information content (AvgIpc) is 2.30. The van der Waals surface area contributed by atoms with Crippen LogP contribution in [0.15, 0.2) is 12.1 Å². The summed E-state index contributed by atoms with van der Waals surface area (Å²) in [5.74, 6) is 0. The molecule has 0 saturated carbocycles. The molecule has 1 radical (unpaired) electrons. The van der Waals surface area contributed by atoms with Crippen LogP contribution in [0.5, 0.6) is 0 Å². The SMILES string of the molecule is CCc1cc(CC)[c-](C)c1.[Cl-].[Cl-].[Zr+3]. The quantitative estimate of drug-likeness (QED) is 0.506. The summed E-state index contributed by atoms with van der Waals surface area (Å²) >= 11 is 0. The van der Waals surface area contributed by atoms with Gasteiger partial charge in [0.25, 0.3) is 0 Å². The standard InChI is InChI=1S/C10H15.2ClH.Zr/c1-4-9-6-8(3)10(5-2)7-9;;;/h6-7H,4-5H2,1-3H3;2*1H;/q-1;;;+3/p-2. The van der Waals surface area contributed by atoms with Crippen molar-refractivity contribution in [3.63, 3.8) is 0 Å². The van der Waals surface area contributed by atoms with Crippen molar-refractivity contribution < 1.29 is 51.0 Å². The molecule has 0 spiro atoms. The molecule has 0 nitrogen and oxygen atoms in total. The summed E-state index contributed by atoms with van der Waals surface area (Å²) in [6.07, 6.45) is 2.34. The Morgan fingerprint density at radius 2 is 1.69 bits per heavy atom. The van der Waals surface area contributed by atoms with E-state index in [1.165, 1.54) is 29.5 Å². The molecule has 73 valence electrons. The monoisotopic (exact) mass is 295 g/mol. The molecule has 0 saturated heterocycles. The number of halogens is 2. The Balaban J connectivity index is -0.000000333. The first-order valence-electron chi connectivity index (χ1n) is 4.03. The molecule has 0 aromatic heterocycles. The fraction of sp³-hybridized carbons (Fsp3) is 0.500. The fourth-order valence-corrected chi connectivity index (χ4v) is 1.34. The van der Waals surface area contributed by atoms with Gasteiger partial charge in [0, 0.05) is 0 Å². The van der Waals surface area contributed by atoms with Crippen LogP contribution in [0.4, 0.5) is 0 Å². The van der Waals surface area contributed by atoms with Crippen molar-refractivity contribution in [1.29, 1.82) is 0 Å². The molecular formula is C10H15Cl2Zr. The van der Waals surface area contributed by atoms with Crippen LogP contribution in [0.1, 0.15) is 30.5 Å². The molecule has 0 aliphatic rings. The number of aryl methyl sites for hydroxylation is 3. The van der Waals surface area contributed by atoms with Crippen LogP contribution in [0, 0.1) is 6.92 Å². The van der Waals surface area contributed by atoms with E-state index in [-0.39, 0.29) is 51.0 Å². The maximum atomic E-state index is 2.31. The Bertz CT molecular complexity index is 219. The second kappa shape index (κ2) is 9.37. The Hall–Kier alpha value is 0.813. The largest absolute Gasteiger partial charge is 3.00 e. The maximum Gasteiger partial charge on any atom is 3.00 e. The van der Waals surface area contributed by atoms with Gasteiger partial charge in [0.1, 0.15) is 0 Å². The van der Waals surface area contributed by atoms with Crippen molar-refractivity contribution in [1.82, 2.24) is 0 Å². The van der Waals surface area contributed by atoms with E-state index in [0.29, 0.717) is 0 Å². The number of hydrogen-bond acceptors (Lipinski definition) is 0. The van der Waals surface area contributed by atoms with Crippen molar-refractivity contribution in [3.8, 4) is 0 Å². The Morgan fingerprint density at radius 3 is 1.92 bits per heavy atom. The van der Waals surface area contributed by atoms with Crippen LogP contribution in [0.2, 0.25) is 0 Å². The first kappa shape index (κ1) is 19.4. The van der Waals surface area contributed by atoms with E-state index < -0.39 is 0 Å². The molecule has 1 aromatic rings. The maximum absolute atomic E-state index is 2.31. The molecule has 1 rings (SSSR count). The average molecular weight is 297 g/mol. The predicted molar refractivity (Wildman–Crippen MR) is 45.5 cm³/mol. The first-order valence-corrected chi connectivity index (χ1v) is 4.03. The topological polar surface area (TPSA) is 0 Å². The van der Waals surface area contributed by atoms with Gasteiger partial charge in [0.05, 0.1) is 0 Å². The second-order valence-electron chi connectivity index (χ2n) is 2.78. The third kappa shape index (κ3) is 5.30. The molecule has 3 heteroatoms. The molecule has 1 aromatic carbocycles. The molecule has 13 heavy (non-hydrogen) atoms. The molecule has 0 heterocycles. The van der Waals surface area contributed by atoms with Gasteiger partial charge in [-0.2, -0.15) is 22.8 Å². The van der Waals surface area contributed by atoms with Gasteiger partial charge in [-0.1, -0.05) is 33.6 Å². The van der Waals surface area contributed by atoms with Crippen molar-refractivity contribution in [2.45, 2.75) is 33.6 Å². The zero-order valence-electron chi connectivity index (χ0n) is 8.32. The number of rotatable bonds is 2. The molecule has 0 unspecified atom stereocenters. The van der Waals surface area contributed by atoms with E-state index in [1.54, 1.807) is 0 Å². The first-order chi connectivity index (χ1) is 4.77. The zero-order valence-corrected chi connectivity index (χ0v) is 12.3. The molecule has 0 amide bonds. The van der Waals surface area contributed by atoms with Crippen LogP contribution in [0.3, 0.4) is 0 Å². The van der Waals surface area contributed by atoms with Gasteiger partial charge in [-0.15, -0.1) is 0 Å². The summed E-state index contributed by atoms with van der Waals surface area (Å²) in [7, 11) is 0. The summed E-state index contributed by atoms with van der Waals surface area (Å²) in [5.41, 5.74) is 4.45. The minimum atomic E-state index is 0. The third-order valence-corrected chi connectivity index (χ3v) is 2.06. The summed E-state index contributed by atoms with van der Waals surface area (Å²) in [4.78, 5) is 0. The predicted octanol–water partition coefficient (Wildman–Crippen LogP) is -3.16. The Labute approximate surface area is 113 Å². The molecule has 0 fully saturated rings.